The van der Waals surface area contributed by atoms with Crippen LogP contribution in [0.1, 0.15) is 29.9 Å². The van der Waals surface area contributed by atoms with Gasteiger partial charge in [0.05, 0.1) is 11.3 Å². The Morgan fingerprint density at radius 3 is 2.53 bits per heavy atom. The van der Waals surface area contributed by atoms with Gasteiger partial charge in [-0.3, -0.25) is 4.79 Å². The number of thiophene rings is 1. The van der Waals surface area contributed by atoms with Gasteiger partial charge in [0.25, 0.3) is 0 Å². The normalized spacial score (nSPS) is 10.9. The largest absolute Gasteiger partial charge is 0.352 e. The summed E-state index contributed by atoms with van der Waals surface area (Å²) in [5, 5.41) is 1.89. The van der Waals surface area contributed by atoms with Crippen LogP contribution < -0.4 is 0 Å². The van der Waals surface area contributed by atoms with Gasteiger partial charge < -0.3 is 9.47 Å². The molecule has 0 spiro atoms. The van der Waals surface area contributed by atoms with Crippen molar-refractivity contribution < 1.29 is 14.3 Å². The summed E-state index contributed by atoms with van der Waals surface area (Å²) in [6, 6.07) is 3.69. The summed E-state index contributed by atoms with van der Waals surface area (Å²) in [6.07, 6.45) is -0.114. The fourth-order valence-electron chi connectivity index (χ4n) is 1.23. The summed E-state index contributed by atoms with van der Waals surface area (Å²) >= 11 is 1.45. The van der Waals surface area contributed by atoms with Crippen molar-refractivity contribution in [2.75, 3.05) is 13.2 Å². The third kappa shape index (κ3) is 4.11. The Balaban J connectivity index is 2.47. The number of carbonyl (C=O) groups is 1. The fraction of sp³-hybridized carbons (Fsp3) is 0.545. The third-order valence-electron chi connectivity index (χ3n) is 1.85. The van der Waals surface area contributed by atoms with E-state index in [1.165, 1.54) is 11.3 Å². The summed E-state index contributed by atoms with van der Waals surface area (Å²) in [6.45, 7) is 4.90. The molecule has 0 atom stereocenters. The number of rotatable bonds is 7. The topological polar surface area (TPSA) is 35.5 Å². The van der Waals surface area contributed by atoms with Crippen molar-refractivity contribution in [3.63, 3.8) is 0 Å². The molecule has 84 valence electrons. The van der Waals surface area contributed by atoms with Gasteiger partial charge in [-0.15, -0.1) is 11.3 Å². The van der Waals surface area contributed by atoms with E-state index in [4.69, 9.17) is 9.47 Å². The lowest BCUT2D eigenvalue weighted by molar-refractivity contribution is -0.133. The smallest absolute Gasteiger partial charge is 0.177 e. The molecule has 0 saturated carbocycles. The number of hydrogen-bond donors (Lipinski definition) is 0. The zero-order chi connectivity index (χ0) is 11.1. The van der Waals surface area contributed by atoms with Crippen molar-refractivity contribution in [3.05, 3.63) is 22.4 Å². The molecule has 0 aliphatic carbocycles. The molecular weight excluding hydrogens is 212 g/mol. The first-order valence-corrected chi connectivity index (χ1v) is 5.95. The van der Waals surface area contributed by atoms with Gasteiger partial charge in [-0.05, 0) is 25.3 Å². The highest BCUT2D eigenvalue weighted by molar-refractivity contribution is 7.12. The molecule has 1 aromatic rings. The van der Waals surface area contributed by atoms with Crippen molar-refractivity contribution in [2.45, 2.75) is 26.6 Å². The van der Waals surface area contributed by atoms with Crippen molar-refractivity contribution in [3.8, 4) is 0 Å². The highest BCUT2D eigenvalue weighted by Gasteiger charge is 2.15. The molecule has 1 aromatic heterocycles. The van der Waals surface area contributed by atoms with E-state index in [0.29, 0.717) is 19.6 Å². The summed E-state index contributed by atoms with van der Waals surface area (Å²) in [5.74, 6) is 0.0805. The predicted molar refractivity (Wildman–Crippen MR) is 60.3 cm³/mol. The van der Waals surface area contributed by atoms with Crippen LogP contribution in [0.15, 0.2) is 17.5 Å². The highest BCUT2D eigenvalue weighted by Crippen LogP contribution is 2.14. The van der Waals surface area contributed by atoms with E-state index in [-0.39, 0.29) is 5.78 Å². The molecule has 0 aliphatic rings. The molecule has 0 bridgehead atoms. The molecular formula is C11H16O3S. The fourth-order valence-corrected chi connectivity index (χ4v) is 1.90. The molecule has 0 N–H and O–H groups in total. The van der Waals surface area contributed by atoms with Gasteiger partial charge in [-0.2, -0.15) is 0 Å². The van der Waals surface area contributed by atoms with E-state index in [0.717, 1.165) is 4.88 Å². The standard InChI is InChI=1S/C11H16O3S/c1-3-13-11(14-4-2)8-9(12)10-6-5-7-15-10/h5-7,11H,3-4,8H2,1-2H3. The van der Waals surface area contributed by atoms with Crippen LogP contribution in [0.3, 0.4) is 0 Å². The van der Waals surface area contributed by atoms with Gasteiger partial charge in [0, 0.05) is 13.2 Å². The lowest BCUT2D eigenvalue weighted by Crippen LogP contribution is -2.21. The van der Waals surface area contributed by atoms with Crippen molar-refractivity contribution in [1.29, 1.82) is 0 Å². The molecule has 15 heavy (non-hydrogen) atoms. The van der Waals surface area contributed by atoms with Crippen LogP contribution in [0.25, 0.3) is 0 Å². The number of carbonyl (C=O) groups excluding carboxylic acids is 1. The second kappa shape index (κ2) is 6.71. The number of Topliss-reactive ketones (excluding diaryl/α,β-unsaturated/α-hetero) is 1. The SMILES string of the molecule is CCOC(CC(=O)c1cccs1)OCC. The Bertz CT molecular complexity index is 276. The number of ketones is 1. The van der Waals surface area contributed by atoms with Crippen LogP contribution in [0.5, 0.6) is 0 Å². The molecule has 0 unspecified atom stereocenters. The summed E-state index contributed by atoms with van der Waals surface area (Å²) in [5.41, 5.74) is 0. The van der Waals surface area contributed by atoms with Crippen LogP contribution in [-0.4, -0.2) is 25.3 Å². The van der Waals surface area contributed by atoms with Crippen LogP contribution >= 0.6 is 11.3 Å². The van der Waals surface area contributed by atoms with Crippen molar-refractivity contribution in [1.82, 2.24) is 0 Å². The first kappa shape index (κ1) is 12.4. The van der Waals surface area contributed by atoms with Gasteiger partial charge in [-0.1, -0.05) is 6.07 Å². The van der Waals surface area contributed by atoms with Crippen LogP contribution in [-0.2, 0) is 9.47 Å². The molecule has 0 saturated heterocycles. The first-order chi connectivity index (χ1) is 7.27. The minimum Gasteiger partial charge on any atom is -0.352 e. The summed E-state index contributed by atoms with van der Waals surface area (Å²) < 4.78 is 10.6. The molecule has 1 heterocycles. The molecule has 0 fully saturated rings. The number of ether oxygens (including phenoxy) is 2. The zero-order valence-corrected chi connectivity index (χ0v) is 9.88. The van der Waals surface area contributed by atoms with E-state index >= 15 is 0 Å². The Hall–Kier alpha value is -0.710. The van der Waals surface area contributed by atoms with Crippen LogP contribution in [0.4, 0.5) is 0 Å². The van der Waals surface area contributed by atoms with Crippen LogP contribution in [0.2, 0.25) is 0 Å². The Labute approximate surface area is 94.0 Å². The highest BCUT2D eigenvalue weighted by atomic mass is 32.1. The second-order valence-electron chi connectivity index (χ2n) is 2.94. The summed E-state index contributed by atoms with van der Waals surface area (Å²) in [7, 11) is 0. The summed E-state index contributed by atoms with van der Waals surface area (Å²) in [4.78, 5) is 12.5. The average Bonchev–Trinajstić information content (AvgIpc) is 2.71. The minimum atomic E-state index is -0.408. The van der Waals surface area contributed by atoms with E-state index in [2.05, 4.69) is 0 Å². The Kier molecular flexibility index (Phi) is 5.53. The maximum Gasteiger partial charge on any atom is 0.177 e. The zero-order valence-electron chi connectivity index (χ0n) is 9.06. The van der Waals surface area contributed by atoms with E-state index < -0.39 is 6.29 Å². The van der Waals surface area contributed by atoms with E-state index in [1.807, 2.05) is 31.4 Å². The second-order valence-corrected chi connectivity index (χ2v) is 3.89. The maximum atomic E-state index is 11.7. The molecule has 0 amide bonds. The molecule has 3 nitrogen and oxygen atoms in total. The van der Waals surface area contributed by atoms with Crippen LogP contribution in [0, 0.1) is 0 Å². The molecule has 0 radical (unpaired) electrons. The van der Waals surface area contributed by atoms with Crippen molar-refractivity contribution >= 4 is 17.1 Å². The molecule has 0 aromatic carbocycles. The molecule has 4 heteroatoms. The minimum absolute atomic E-state index is 0.0805. The van der Waals surface area contributed by atoms with E-state index in [1.54, 1.807) is 0 Å². The number of hydrogen-bond acceptors (Lipinski definition) is 4. The maximum absolute atomic E-state index is 11.7. The third-order valence-corrected chi connectivity index (χ3v) is 2.76. The Morgan fingerprint density at radius 1 is 1.40 bits per heavy atom. The lowest BCUT2D eigenvalue weighted by atomic mass is 10.2. The average molecular weight is 228 g/mol. The molecule has 1 rings (SSSR count). The van der Waals surface area contributed by atoms with Gasteiger partial charge in [0.15, 0.2) is 12.1 Å². The quantitative estimate of drug-likeness (QED) is 0.531. The first-order valence-electron chi connectivity index (χ1n) is 5.07. The van der Waals surface area contributed by atoms with Gasteiger partial charge in [0.1, 0.15) is 0 Å². The molecule has 0 aliphatic heterocycles. The monoisotopic (exact) mass is 228 g/mol. The van der Waals surface area contributed by atoms with Gasteiger partial charge in [-0.25, -0.2) is 0 Å². The van der Waals surface area contributed by atoms with Gasteiger partial charge >= 0.3 is 0 Å². The van der Waals surface area contributed by atoms with Gasteiger partial charge in [0.2, 0.25) is 0 Å². The van der Waals surface area contributed by atoms with Crippen molar-refractivity contribution in [2.24, 2.45) is 0 Å². The lowest BCUT2D eigenvalue weighted by Gasteiger charge is -2.15. The van der Waals surface area contributed by atoms with E-state index in [9.17, 15) is 4.79 Å². The predicted octanol–water partition coefficient (Wildman–Crippen LogP) is 2.72. The Morgan fingerprint density at radius 2 is 2.07 bits per heavy atom.